The average Bonchev–Trinajstić information content (AvgIpc) is 2.73. The molecule has 0 fully saturated rings. The van der Waals surface area contributed by atoms with Gasteiger partial charge in [-0.05, 0) is 6.42 Å². The molecule has 0 radical (unpaired) electrons. The van der Waals surface area contributed by atoms with Crippen LogP contribution < -0.4 is 0 Å². The van der Waals surface area contributed by atoms with Gasteiger partial charge in [0.15, 0.2) is 0 Å². The second-order valence-electron chi connectivity index (χ2n) is 7.94. The van der Waals surface area contributed by atoms with Crippen molar-refractivity contribution < 1.29 is 44.0 Å². The van der Waals surface area contributed by atoms with Gasteiger partial charge in [-0.1, -0.05) is 99.3 Å². The van der Waals surface area contributed by atoms with Gasteiger partial charge in [-0.3, -0.25) is 10.5 Å². The van der Waals surface area contributed by atoms with E-state index in [-0.39, 0.29) is 18.6 Å². The fourth-order valence-electron chi connectivity index (χ4n) is 2.50. The van der Waals surface area contributed by atoms with Crippen LogP contribution in [0, 0.1) is 31.1 Å². The molecule has 176 valence electrons. The third-order valence-corrected chi connectivity index (χ3v) is 4.77. The molecule has 0 aromatic rings. The fourth-order valence-corrected chi connectivity index (χ4v) is 2.50. The Hall–Kier alpha value is 0.354. The standard InChI is InChI=1S/2C8H17.C7H16O4.O.Ti/c2*1-4-6-7-8(3)5-2;1-3-4-7(2,5-10-8)6-11-9;;/h2*8H,3-7H2,1-2H3;8-9H,3-6H2,1-2H3;;/q2*-1;;;+2. The van der Waals surface area contributed by atoms with E-state index < -0.39 is 0 Å². The topological polar surface area (TPSA) is 76.0 Å². The van der Waals surface area contributed by atoms with Gasteiger partial charge in [0, 0.05) is 5.41 Å². The molecule has 2 atom stereocenters. The van der Waals surface area contributed by atoms with Gasteiger partial charge in [0.1, 0.15) is 0 Å². The van der Waals surface area contributed by atoms with Crippen LogP contribution in [0.15, 0.2) is 0 Å². The molecule has 0 amide bonds. The molecule has 2 unspecified atom stereocenters. The molecule has 5 nitrogen and oxygen atoms in total. The first kappa shape index (κ1) is 36.7. The third kappa shape index (κ3) is 33.2. The average molecular weight is 455 g/mol. The summed E-state index contributed by atoms with van der Waals surface area (Å²) in [7, 11) is 0. The summed E-state index contributed by atoms with van der Waals surface area (Å²) in [6, 6.07) is 0. The van der Waals surface area contributed by atoms with Crippen molar-refractivity contribution in [2.75, 3.05) is 13.2 Å². The zero-order valence-corrected chi connectivity index (χ0v) is 21.7. The van der Waals surface area contributed by atoms with Crippen LogP contribution in [0.3, 0.4) is 0 Å². The van der Waals surface area contributed by atoms with Crippen LogP contribution in [0.25, 0.3) is 0 Å². The van der Waals surface area contributed by atoms with Gasteiger partial charge < -0.3 is 13.8 Å². The summed E-state index contributed by atoms with van der Waals surface area (Å²) in [6.45, 7) is 21.1. The van der Waals surface area contributed by atoms with Gasteiger partial charge in [-0.25, -0.2) is 9.78 Å². The van der Waals surface area contributed by atoms with Crippen LogP contribution in [0.5, 0.6) is 0 Å². The number of hydrogen-bond acceptors (Lipinski definition) is 5. The van der Waals surface area contributed by atoms with E-state index in [0.717, 1.165) is 33.2 Å². The van der Waals surface area contributed by atoms with Gasteiger partial charge in [-0.2, -0.15) is 11.8 Å². The third-order valence-electron chi connectivity index (χ3n) is 4.77. The van der Waals surface area contributed by atoms with Crippen LogP contribution in [-0.2, 0) is 33.5 Å². The summed E-state index contributed by atoms with van der Waals surface area (Å²) < 4.78 is 8.25. The second kappa shape index (κ2) is 30.5. The summed E-state index contributed by atoms with van der Waals surface area (Å²) >= 11 is 0.750. The quantitative estimate of drug-likeness (QED) is 0.122. The molecular formula is C23H50O5Ti. The molecule has 0 aromatic heterocycles. The fraction of sp³-hybridized carbons (Fsp3) is 0.913. The molecular weight excluding hydrogens is 404 g/mol. The first-order chi connectivity index (χ1) is 13.8. The van der Waals surface area contributed by atoms with Gasteiger partial charge in [-0.15, -0.1) is 0 Å². The van der Waals surface area contributed by atoms with E-state index in [2.05, 4.69) is 51.3 Å². The zero-order valence-electron chi connectivity index (χ0n) is 20.2. The Morgan fingerprint density at radius 1 is 0.793 bits per heavy atom. The molecule has 0 bridgehead atoms. The van der Waals surface area contributed by atoms with E-state index in [4.69, 9.17) is 13.8 Å². The van der Waals surface area contributed by atoms with E-state index in [1.165, 1.54) is 51.4 Å². The molecule has 0 aliphatic rings. The van der Waals surface area contributed by atoms with Crippen molar-refractivity contribution in [2.45, 2.75) is 106 Å². The van der Waals surface area contributed by atoms with Crippen molar-refractivity contribution in [3.8, 4) is 0 Å². The Morgan fingerprint density at radius 2 is 1.14 bits per heavy atom. The van der Waals surface area contributed by atoms with Crippen LogP contribution in [0.4, 0.5) is 0 Å². The Balaban J connectivity index is -0.000000157. The van der Waals surface area contributed by atoms with Crippen molar-refractivity contribution in [2.24, 2.45) is 17.3 Å². The van der Waals surface area contributed by atoms with Gasteiger partial charge in [0.2, 0.25) is 0 Å². The van der Waals surface area contributed by atoms with Crippen molar-refractivity contribution >= 4 is 0 Å². The number of hydrogen-bond donors (Lipinski definition) is 2. The SMILES string of the molecule is CCCC(C)(COO)COO.[CH2-]C(CC)CCCC.[CH2-]C(CC)CCCC.[O]=[Ti+2]. The molecule has 29 heavy (non-hydrogen) atoms. The minimum atomic E-state index is -0.293. The van der Waals surface area contributed by atoms with Gasteiger partial charge >= 0.3 is 23.7 Å². The van der Waals surface area contributed by atoms with E-state index >= 15 is 0 Å². The van der Waals surface area contributed by atoms with Gasteiger partial charge in [0.05, 0.1) is 13.2 Å². The summed E-state index contributed by atoms with van der Waals surface area (Å²) in [5.74, 6) is 1.41. The molecule has 0 aliphatic carbocycles. The molecule has 6 heteroatoms. The second-order valence-corrected chi connectivity index (χ2v) is 7.94. The van der Waals surface area contributed by atoms with E-state index in [0.29, 0.717) is 11.8 Å². The molecule has 2 N–H and O–H groups in total. The van der Waals surface area contributed by atoms with Crippen LogP contribution in [-0.4, -0.2) is 23.7 Å². The van der Waals surface area contributed by atoms with Crippen LogP contribution >= 0.6 is 0 Å². The molecule has 0 aromatic carbocycles. The van der Waals surface area contributed by atoms with Crippen molar-refractivity contribution in [1.82, 2.24) is 0 Å². The number of unbranched alkanes of at least 4 members (excludes halogenated alkanes) is 2. The van der Waals surface area contributed by atoms with E-state index in [9.17, 15) is 0 Å². The predicted octanol–water partition coefficient (Wildman–Crippen LogP) is 7.72. The molecule has 0 saturated carbocycles. The molecule has 0 spiro atoms. The molecule has 0 heterocycles. The minimum absolute atomic E-state index is 0.182. The first-order valence-electron chi connectivity index (χ1n) is 11.2. The van der Waals surface area contributed by atoms with Crippen LogP contribution in [0.2, 0.25) is 0 Å². The van der Waals surface area contributed by atoms with E-state index in [1.807, 2.05) is 13.8 Å². The monoisotopic (exact) mass is 454 g/mol. The van der Waals surface area contributed by atoms with Crippen molar-refractivity contribution in [1.29, 1.82) is 0 Å². The summed E-state index contributed by atoms with van der Waals surface area (Å²) in [5.41, 5.74) is -0.293. The predicted molar refractivity (Wildman–Crippen MR) is 118 cm³/mol. The Labute approximate surface area is 193 Å². The molecule has 0 aliphatic heterocycles. The summed E-state index contributed by atoms with van der Waals surface area (Å²) in [6.07, 6.45) is 12.2. The maximum absolute atomic E-state index is 8.25. The Morgan fingerprint density at radius 3 is 1.34 bits per heavy atom. The zero-order chi connectivity index (χ0) is 23.6. The number of rotatable bonds is 14. The van der Waals surface area contributed by atoms with Crippen molar-refractivity contribution in [3.05, 3.63) is 13.8 Å². The Kier molecular flexibility index (Phi) is 38.7. The Bertz CT molecular complexity index is 249. The molecule has 0 rings (SSSR count). The normalized spacial score (nSPS) is 12.4. The van der Waals surface area contributed by atoms with E-state index in [1.54, 1.807) is 0 Å². The first-order valence-corrected chi connectivity index (χ1v) is 11.8. The van der Waals surface area contributed by atoms with Crippen molar-refractivity contribution in [3.63, 3.8) is 0 Å². The maximum atomic E-state index is 8.25. The van der Waals surface area contributed by atoms with Gasteiger partial charge in [0.25, 0.3) is 0 Å². The summed E-state index contributed by atoms with van der Waals surface area (Å²) in [5, 5.41) is 16.4. The van der Waals surface area contributed by atoms with Crippen LogP contribution in [0.1, 0.15) is 106 Å². The molecule has 0 saturated heterocycles. The summed E-state index contributed by atoms with van der Waals surface area (Å²) in [4.78, 5) is 8.04.